The lowest BCUT2D eigenvalue weighted by Crippen LogP contribution is -2.42. The van der Waals surface area contributed by atoms with Crippen LogP contribution in [0.2, 0.25) is 0 Å². The molecule has 2 N–H and O–H groups in total. The van der Waals surface area contributed by atoms with Crippen molar-refractivity contribution in [2.24, 2.45) is 0 Å². The van der Waals surface area contributed by atoms with E-state index in [1.165, 1.54) is 4.31 Å². The lowest BCUT2D eigenvalue weighted by atomic mass is 10.1. The first-order valence-electron chi connectivity index (χ1n) is 11.0. The van der Waals surface area contributed by atoms with E-state index in [1.807, 2.05) is 6.07 Å². The van der Waals surface area contributed by atoms with Gasteiger partial charge >= 0.3 is 0 Å². The van der Waals surface area contributed by atoms with Crippen molar-refractivity contribution in [3.05, 3.63) is 42.7 Å². The third-order valence-electron chi connectivity index (χ3n) is 5.72. The summed E-state index contributed by atoms with van der Waals surface area (Å²) in [6.45, 7) is 4.46. The van der Waals surface area contributed by atoms with Crippen LogP contribution in [-0.4, -0.2) is 86.3 Å². The molecule has 5 rings (SSSR count). The summed E-state index contributed by atoms with van der Waals surface area (Å²) in [6, 6.07) is 8.65. The maximum absolute atomic E-state index is 12.9. The minimum absolute atomic E-state index is 0.0422. The van der Waals surface area contributed by atoms with Crippen molar-refractivity contribution in [3.63, 3.8) is 0 Å². The number of fused-ring (bicyclic) bond motifs is 1. The van der Waals surface area contributed by atoms with E-state index in [0.29, 0.717) is 62.0 Å². The Labute approximate surface area is 192 Å². The van der Waals surface area contributed by atoms with Crippen LogP contribution in [0.15, 0.2) is 47.6 Å². The number of ether oxygens (including phenoxy) is 2. The van der Waals surface area contributed by atoms with Crippen LogP contribution in [0, 0.1) is 0 Å². The standard InChI is InChI=1S/C22H26N6O4S/c29-33(30,28-8-11-31-12-9-28)18-3-1-16(2-4-18)19-13-20-21(25-6-5-24-20)22(27-19)26-15-17-14-23-7-10-32-17/h1-6,13,17,23H,7-12,14-15H2,(H,26,27)/t17-/m0/s1. The highest BCUT2D eigenvalue weighted by atomic mass is 32.2. The minimum Gasteiger partial charge on any atom is -0.379 e. The van der Waals surface area contributed by atoms with Crippen molar-refractivity contribution in [2.75, 3.05) is 57.9 Å². The van der Waals surface area contributed by atoms with E-state index in [2.05, 4.69) is 20.6 Å². The molecule has 174 valence electrons. The van der Waals surface area contributed by atoms with Gasteiger partial charge in [-0.2, -0.15) is 4.31 Å². The Balaban J connectivity index is 1.42. The van der Waals surface area contributed by atoms with Crippen LogP contribution in [0.25, 0.3) is 22.3 Å². The number of sulfonamides is 1. The molecule has 1 aromatic carbocycles. The summed E-state index contributed by atoms with van der Waals surface area (Å²) >= 11 is 0. The summed E-state index contributed by atoms with van der Waals surface area (Å²) in [7, 11) is -3.55. The Morgan fingerprint density at radius 2 is 1.88 bits per heavy atom. The average molecular weight is 471 g/mol. The smallest absolute Gasteiger partial charge is 0.243 e. The zero-order chi connectivity index (χ0) is 22.7. The molecule has 2 saturated heterocycles. The molecule has 0 radical (unpaired) electrons. The zero-order valence-corrected chi connectivity index (χ0v) is 18.9. The van der Waals surface area contributed by atoms with Crippen molar-refractivity contribution in [2.45, 2.75) is 11.0 Å². The highest BCUT2D eigenvalue weighted by Crippen LogP contribution is 2.27. The number of rotatable bonds is 6. The van der Waals surface area contributed by atoms with Gasteiger partial charge in [-0.1, -0.05) is 12.1 Å². The molecule has 2 aromatic heterocycles. The van der Waals surface area contributed by atoms with Gasteiger partial charge in [0.1, 0.15) is 5.52 Å². The molecule has 2 aliphatic rings. The molecule has 0 saturated carbocycles. The van der Waals surface area contributed by atoms with Gasteiger partial charge in [-0.15, -0.1) is 0 Å². The predicted molar refractivity (Wildman–Crippen MR) is 123 cm³/mol. The summed E-state index contributed by atoms with van der Waals surface area (Å²) in [5.74, 6) is 0.620. The van der Waals surface area contributed by atoms with Crippen LogP contribution < -0.4 is 10.6 Å². The second-order valence-electron chi connectivity index (χ2n) is 7.90. The molecular formula is C22H26N6O4S. The number of anilines is 1. The summed E-state index contributed by atoms with van der Waals surface area (Å²) < 4.78 is 38.3. The van der Waals surface area contributed by atoms with Crippen LogP contribution in [0.4, 0.5) is 5.82 Å². The fourth-order valence-electron chi connectivity index (χ4n) is 3.94. The normalized spacial score (nSPS) is 20.1. The van der Waals surface area contributed by atoms with Crippen molar-refractivity contribution < 1.29 is 17.9 Å². The first-order chi connectivity index (χ1) is 16.1. The highest BCUT2D eigenvalue weighted by molar-refractivity contribution is 7.89. The monoisotopic (exact) mass is 470 g/mol. The maximum Gasteiger partial charge on any atom is 0.243 e. The van der Waals surface area contributed by atoms with E-state index in [-0.39, 0.29) is 11.0 Å². The molecule has 2 fully saturated rings. The Kier molecular flexibility index (Phi) is 6.47. The van der Waals surface area contributed by atoms with Gasteiger partial charge in [0.2, 0.25) is 10.0 Å². The lowest BCUT2D eigenvalue weighted by Gasteiger charge is -2.26. The third-order valence-corrected chi connectivity index (χ3v) is 7.63. The number of hydrogen-bond donors (Lipinski definition) is 2. The van der Waals surface area contributed by atoms with Gasteiger partial charge in [-0.05, 0) is 18.2 Å². The molecule has 4 heterocycles. The summed E-state index contributed by atoms with van der Waals surface area (Å²) in [6.07, 6.45) is 3.32. The van der Waals surface area contributed by atoms with Crippen LogP contribution in [0.3, 0.4) is 0 Å². The zero-order valence-electron chi connectivity index (χ0n) is 18.1. The number of pyridine rings is 1. The van der Waals surface area contributed by atoms with E-state index in [0.717, 1.165) is 18.7 Å². The Morgan fingerprint density at radius 3 is 2.64 bits per heavy atom. The number of hydrogen-bond acceptors (Lipinski definition) is 9. The lowest BCUT2D eigenvalue weighted by molar-refractivity contribution is 0.0372. The van der Waals surface area contributed by atoms with Crippen LogP contribution in [0.1, 0.15) is 0 Å². The number of nitrogens with zero attached hydrogens (tertiary/aromatic N) is 4. The van der Waals surface area contributed by atoms with Gasteiger partial charge in [-0.3, -0.25) is 4.98 Å². The third kappa shape index (κ3) is 4.82. The molecule has 0 unspecified atom stereocenters. The van der Waals surface area contributed by atoms with E-state index in [9.17, 15) is 8.42 Å². The minimum atomic E-state index is -3.55. The molecule has 0 aliphatic carbocycles. The molecular weight excluding hydrogens is 444 g/mol. The van der Waals surface area contributed by atoms with Gasteiger partial charge in [0.15, 0.2) is 5.82 Å². The fraction of sp³-hybridized carbons (Fsp3) is 0.409. The molecule has 33 heavy (non-hydrogen) atoms. The van der Waals surface area contributed by atoms with E-state index in [4.69, 9.17) is 14.5 Å². The van der Waals surface area contributed by atoms with Gasteiger partial charge < -0.3 is 20.1 Å². The quantitative estimate of drug-likeness (QED) is 0.546. The Hall–Kier alpha value is -2.70. The van der Waals surface area contributed by atoms with Gasteiger partial charge in [0.25, 0.3) is 0 Å². The van der Waals surface area contributed by atoms with Crippen molar-refractivity contribution in [3.8, 4) is 11.3 Å². The second-order valence-corrected chi connectivity index (χ2v) is 9.84. The molecule has 11 heteroatoms. The van der Waals surface area contributed by atoms with Gasteiger partial charge in [-0.25, -0.2) is 18.4 Å². The summed E-state index contributed by atoms with van der Waals surface area (Å²) in [5.41, 5.74) is 2.86. The molecule has 0 bridgehead atoms. The first-order valence-corrected chi connectivity index (χ1v) is 12.4. The van der Waals surface area contributed by atoms with E-state index >= 15 is 0 Å². The summed E-state index contributed by atoms with van der Waals surface area (Å²) in [5, 5.41) is 6.67. The molecule has 3 aromatic rings. The van der Waals surface area contributed by atoms with Gasteiger partial charge in [0.05, 0.1) is 42.0 Å². The number of nitrogens with one attached hydrogen (secondary N) is 2. The number of aromatic nitrogens is 3. The van der Waals surface area contributed by atoms with E-state index in [1.54, 1.807) is 36.7 Å². The summed E-state index contributed by atoms with van der Waals surface area (Å²) in [4.78, 5) is 13.9. The molecule has 1 atom stereocenters. The van der Waals surface area contributed by atoms with E-state index < -0.39 is 10.0 Å². The van der Waals surface area contributed by atoms with Crippen LogP contribution >= 0.6 is 0 Å². The molecule has 0 spiro atoms. The first kappa shape index (κ1) is 22.1. The Bertz CT molecular complexity index is 1210. The number of morpholine rings is 2. The SMILES string of the molecule is O=S(=O)(c1ccc(-c2cc3nccnc3c(NC[C@@H]3CNCCO3)n2)cc1)N1CCOCC1. The largest absolute Gasteiger partial charge is 0.379 e. The van der Waals surface area contributed by atoms with Crippen molar-refractivity contribution >= 4 is 26.9 Å². The highest BCUT2D eigenvalue weighted by Gasteiger charge is 2.26. The molecule has 0 amide bonds. The average Bonchev–Trinajstić information content (AvgIpc) is 2.88. The van der Waals surface area contributed by atoms with Crippen molar-refractivity contribution in [1.29, 1.82) is 0 Å². The second kappa shape index (κ2) is 9.65. The van der Waals surface area contributed by atoms with Crippen LogP contribution in [-0.2, 0) is 19.5 Å². The predicted octanol–water partition coefficient (Wildman–Crippen LogP) is 1.11. The topological polar surface area (TPSA) is 119 Å². The van der Waals surface area contributed by atoms with Gasteiger partial charge in [0, 0.05) is 50.7 Å². The molecule has 2 aliphatic heterocycles. The number of benzene rings is 1. The maximum atomic E-state index is 12.9. The van der Waals surface area contributed by atoms with Crippen LogP contribution in [0.5, 0.6) is 0 Å². The fourth-order valence-corrected chi connectivity index (χ4v) is 5.35. The Morgan fingerprint density at radius 1 is 1.09 bits per heavy atom. The van der Waals surface area contributed by atoms with Crippen molar-refractivity contribution in [1.82, 2.24) is 24.6 Å². The molecule has 10 nitrogen and oxygen atoms in total.